The number of nitrogens with zero attached hydrogens (tertiary/aromatic N) is 2. The van der Waals surface area contributed by atoms with Gasteiger partial charge in [0.25, 0.3) is 5.24 Å². The Morgan fingerprint density at radius 2 is 1.37 bits per heavy atom. The summed E-state index contributed by atoms with van der Waals surface area (Å²) < 4.78 is 16.4. The predicted molar refractivity (Wildman–Crippen MR) is 204 cm³/mol. The highest BCUT2D eigenvalue weighted by molar-refractivity contribution is 8.23. The van der Waals surface area contributed by atoms with Crippen molar-refractivity contribution in [3.8, 4) is 0 Å². The molecule has 0 aliphatic carbocycles. The lowest BCUT2D eigenvalue weighted by molar-refractivity contribution is -0.196. The molecule has 0 spiro atoms. The van der Waals surface area contributed by atoms with Crippen molar-refractivity contribution in [1.29, 1.82) is 0 Å². The SMILES string of the molecule is O=C(NCSCSCSC/N=C\[S+]([O-])CCO)OCSCSCSCOO/C=N\CSCSCSCNC(=O)SCCO. The van der Waals surface area contributed by atoms with E-state index in [0.717, 1.165) is 42.3 Å². The number of thioether (sulfide) groups is 10. The first kappa shape index (κ1) is 44.6. The molecule has 0 aromatic heterocycles. The van der Waals surface area contributed by atoms with Crippen molar-refractivity contribution in [3.05, 3.63) is 0 Å². The number of carbonyl (C=O) groups is 2. The summed E-state index contributed by atoms with van der Waals surface area (Å²) in [4.78, 5) is 41.1. The van der Waals surface area contributed by atoms with Crippen LogP contribution in [0.2, 0.25) is 0 Å². The molecule has 1 atom stereocenters. The zero-order chi connectivity index (χ0) is 31.5. The van der Waals surface area contributed by atoms with Gasteiger partial charge in [0, 0.05) is 36.3 Å². The molecule has 43 heavy (non-hydrogen) atoms. The molecule has 0 radical (unpaired) electrons. The molecule has 23 heteroatoms. The number of aliphatic hydroxyl groups is 2. The average molecular weight is 815 g/mol. The van der Waals surface area contributed by atoms with Gasteiger partial charge in [-0.05, 0) is 11.2 Å². The zero-order valence-electron chi connectivity index (χ0n) is 23.2. The second kappa shape index (κ2) is 38.0. The third kappa shape index (κ3) is 37.9. The van der Waals surface area contributed by atoms with Gasteiger partial charge in [-0.2, -0.15) is 4.89 Å². The molecule has 252 valence electrons. The lowest BCUT2D eigenvalue weighted by Crippen LogP contribution is -2.23. The second-order valence-electron chi connectivity index (χ2n) is 6.57. The van der Waals surface area contributed by atoms with Gasteiger partial charge in [0.15, 0.2) is 0 Å². The van der Waals surface area contributed by atoms with E-state index in [-0.39, 0.29) is 30.1 Å². The molecule has 0 saturated heterocycles. The monoisotopic (exact) mass is 814 g/mol. The molecule has 0 fully saturated rings. The average Bonchev–Trinajstić information content (AvgIpc) is 3.00. The standard InChI is InChI=1S/C20H38N4O8S11/c25-1-3-42-20(28)24-9-36-16-39-13-33-6-21-5-31-32-12-38-18-41-17-37-11-30-19(27)23-8-35-15-40-14-34-7-22-10-43(29)4-2-26/h5,10,25-26H,1-4,6-9,11-18H2,(H,23,27)(H,24,28)/b21-5-,22-10-. The van der Waals surface area contributed by atoms with Crippen molar-refractivity contribution >= 4 is 152 Å². The topological polar surface area (TPSA) is 174 Å². The number of ether oxygens (including phenoxy) is 1. The molecule has 0 bridgehead atoms. The first-order chi connectivity index (χ1) is 21.1. The highest BCUT2D eigenvalue weighted by atomic mass is 32.2. The van der Waals surface area contributed by atoms with Crippen LogP contribution in [0.25, 0.3) is 0 Å². The number of carbonyl (C=O) groups excluding carboxylic acids is 2. The molecule has 0 rings (SSSR count). The van der Waals surface area contributed by atoms with Gasteiger partial charge < -0.3 is 35.0 Å². The quantitative estimate of drug-likeness (QED) is 0.0140. The number of amides is 2. The fourth-order valence-corrected chi connectivity index (χ4v) is 11.3. The Balaban J connectivity index is 3.27. The summed E-state index contributed by atoms with van der Waals surface area (Å²) in [5.74, 6) is 3.45. The molecular formula is C20H38N4O8S11. The Bertz CT molecular complexity index is 711. The minimum absolute atomic E-state index is 0.000252. The zero-order valence-corrected chi connectivity index (χ0v) is 32.2. The Morgan fingerprint density at radius 1 is 0.767 bits per heavy atom. The number of alkyl carbamates (subject to hydrolysis) is 1. The highest BCUT2D eigenvalue weighted by Crippen LogP contribution is 2.19. The summed E-state index contributed by atoms with van der Waals surface area (Å²) in [5.41, 5.74) is 1.38. The normalized spacial score (nSPS) is 12.2. The fraction of sp³-hybridized carbons (Fsp3) is 0.800. The van der Waals surface area contributed by atoms with Gasteiger partial charge in [0.1, 0.15) is 17.6 Å². The number of hydrogen-bond donors (Lipinski definition) is 4. The molecule has 12 nitrogen and oxygen atoms in total. The summed E-state index contributed by atoms with van der Waals surface area (Å²) in [7, 11) is 0. The van der Waals surface area contributed by atoms with Crippen LogP contribution in [0.3, 0.4) is 0 Å². The molecule has 0 aliphatic rings. The summed E-state index contributed by atoms with van der Waals surface area (Å²) in [6.45, 7) is -0.105. The van der Waals surface area contributed by atoms with Crippen LogP contribution >= 0.6 is 118 Å². The van der Waals surface area contributed by atoms with E-state index >= 15 is 0 Å². The smallest absolute Gasteiger partial charge is 0.408 e. The summed E-state index contributed by atoms with van der Waals surface area (Å²) in [6.07, 6.45) is 0.862. The van der Waals surface area contributed by atoms with Gasteiger partial charge in [0.2, 0.25) is 11.9 Å². The molecule has 0 heterocycles. The minimum atomic E-state index is -1.19. The molecule has 2 amide bonds. The van der Waals surface area contributed by atoms with Crippen molar-refractivity contribution in [2.75, 3.05) is 90.6 Å². The second-order valence-corrected chi connectivity index (χ2v) is 19.9. The van der Waals surface area contributed by atoms with E-state index in [9.17, 15) is 14.1 Å². The largest absolute Gasteiger partial charge is 0.611 e. The van der Waals surface area contributed by atoms with E-state index in [0.29, 0.717) is 35.2 Å². The number of aliphatic hydroxyl groups excluding tert-OH is 2. The fourth-order valence-electron chi connectivity index (χ4n) is 1.75. The number of aliphatic imine (C=N–C) groups is 2. The van der Waals surface area contributed by atoms with Crippen molar-refractivity contribution in [3.63, 3.8) is 0 Å². The van der Waals surface area contributed by atoms with Gasteiger partial charge in [-0.3, -0.25) is 4.79 Å². The van der Waals surface area contributed by atoms with Crippen LogP contribution in [0, 0.1) is 0 Å². The van der Waals surface area contributed by atoms with Gasteiger partial charge >= 0.3 is 6.09 Å². The van der Waals surface area contributed by atoms with E-state index in [4.69, 9.17) is 24.7 Å². The Morgan fingerprint density at radius 3 is 2.05 bits per heavy atom. The molecule has 0 aromatic rings. The van der Waals surface area contributed by atoms with Crippen LogP contribution < -0.4 is 10.6 Å². The Kier molecular flexibility index (Phi) is 39.4. The predicted octanol–water partition coefficient (Wildman–Crippen LogP) is 4.98. The van der Waals surface area contributed by atoms with Crippen molar-refractivity contribution in [1.82, 2.24) is 10.6 Å². The number of nitrogens with one attached hydrogen (secondary N) is 2. The lowest BCUT2D eigenvalue weighted by Gasteiger charge is -2.06. The van der Waals surface area contributed by atoms with Crippen LogP contribution in [-0.4, -0.2) is 129 Å². The molecule has 1 unspecified atom stereocenters. The summed E-state index contributed by atoms with van der Waals surface area (Å²) in [5, 5.41) is 27.7. The maximum Gasteiger partial charge on any atom is 0.408 e. The lowest BCUT2D eigenvalue weighted by atomic mass is 10.9. The molecule has 4 N–H and O–H groups in total. The van der Waals surface area contributed by atoms with Crippen molar-refractivity contribution < 1.29 is 38.9 Å². The van der Waals surface area contributed by atoms with Crippen LogP contribution in [0.5, 0.6) is 0 Å². The summed E-state index contributed by atoms with van der Waals surface area (Å²) >= 11 is 14.6. The minimum Gasteiger partial charge on any atom is -0.611 e. The van der Waals surface area contributed by atoms with Crippen LogP contribution in [-0.2, 0) is 25.7 Å². The Hall–Kier alpha value is 1.57. The van der Waals surface area contributed by atoms with Crippen molar-refractivity contribution in [2.45, 2.75) is 0 Å². The maximum absolute atomic E-state index is 11.7. The van der Waals surface area contributed by atoms with E-state index in [1.165, 1.54) is 23.7 Å². The van der Waals surface area contributed by atoms with Crippen LogP contribution in [0.15, 0.2) is 9.98 Å². The molecule has 0 saturated carbocycles. The van der Waals surface area contributed by atoms with E-state index in [2.05, 4.69) is 20.6 Å². The van der Waals surface area contributed by atoms with Gasteiger partial charge in [-0.25, -0.2) is 14.8 Å². The van der Waals surface area contributed by atoms with E-state index < -0.39 is 17.3 Å². The number of hydrogen-bond acceptors (Lipinski definition) is 20. The third-order valence-corrected chi connectivity index (χ3v) is 15.0. The van der Waals surface area contributed by atoms with Gasteiger partial charge in [0.05, 0.1) is 36.7 Å². The number of rotatable bonds is 31. The van der Waals surface area contributed by atoms with Gasteiger partial charge in [-0.1, -0.05) is 11.8 Å². The first-order valence-electron chi connectivity index (χ1n) is 12.0. The molecular weight excluding hydrogens is 777 g/mol. The van der Waals surface area contributed by atoms with Crippen LogP contribution in [0.4, 0.5) is 9.59 Å². The summed E-state index contributed by atoms with van der Waals surface area (Å²) in [6, 6.07) is 0. The van der Waals surface area contributed by atoms with Crippen LogP contribution in [0.1, 0.15) is 0 Å². The maximum atomic E-state index is 11.7. The first-order valence-corrected chi connectivity index (χ1v) is 24.7. The van der Waals surface area contributed by atoms with Gasteiger partial charge in [-0.15, -0.1) is 106 Å². The van der Waals surface area contributed by atoms with E-state index in [1.807, 2.05) is 0 Å². The molecule has 0 aliphatic heterocycles. The Labute approximate surface area is 299 Å². The van der Waals surface area contributed by atoms with Crippen molar-refractivity contribution in [2.24, 2.45) is 9.98 Å². The highest BCUT2D eigenvalue weighted by Gasteiger charge is 2.03. The molecule has 0 aromatic carbocycles. The third-order valence-electron chi connectivity index (χ3n) is 3.37. The van der Waals surface area contributed by atoms with E-state index in [1.54, 1.807) is 94.1 Å².